The molecule has 0 aliphatic heterocycles. The first-order chi connectivity index (χ1) is 17.2. The summed E-state index contributed by atoms with van der Waals surface area (Å²) in [4.78, 5) is 17.0. The van der Waals surface area contributed by atoms with Gasteiger partial charge in [0.15, 0.2) is 0 Å². The van der Waals surface area contributed by atoms with E-state index in [2.05, 4.69) is 22.0 Å². The third-order valence-electron chi connectivity index (χ3n) is 5.70. The second-order valence-corrected chi connectivity index (χ2v) is 8.75. The number of hydrogen-bond donors (Lipinski definition) is 1. The Morgan fingerprint density at radius 2 is 1.71 bits per heavy atom. The Hall–Kier alpha value is -3.57. The first-order valence-corrected chi connectivity index (χ1v) is 12.4. The van der Waals surface area contributed by atoms with E-state index in [1.807, 2.05) is 72.8 Å². The molecule has 0 fully saturated rings. The number of benzene rings is 3. The van der Waals surface area contributed by atoms with Crippen LogP contribution in [0, 0.1) is 0 Å². The van der Waals surface area contributed by atoms with Gasteiger partial charge >= 0.3 is 0 Å². The van der Waals surface area contributed by atoms with Crippen molar-refractivity contribution in [2.24, 2.45) is 0 Å². The van der Waals surface area contributed by atoms with Crippen molar-refractivity contribution in [1.82, 2.24) is 14.9 Å². The molecular formula is C29H30ClN3O2. The van der Waals surface area contributed by atoms with Crippen LogP contribution < -0.4 is 10.1 Å². The Morgan fingerprint density at radius 3 is 2.54 bits per heavy atom. The highest BCUT2D eigenvalue weighted by molar-refractivity contribution is 6.30. The van der Waals surface area contributed by atoms with E-state index in [1.54, 1.807) is 6.08 Å². The highest BCUT2D eigenvalue weighted by atomic mass is 35.5. The molecule has 4 rings (SSSR count). The van der Waals surface area contributed by atoms with E-state index >= 15 is 0 Å². The number of amides is 1. The number of fused-ring (bicyclic) bond motifs is 1. The zero-order chi connectivity index (χ0) is 24.3. The number of para-hydroxylation sites is 2. The minimum atomic E-state index is -0.0805. The van der Waals surface area contributed by atoms with Crippen LogP contribution in [-0.2, 0) is 17.8 Å². The third-order valence-corrected chi connectivity index (χ3v) is 5.95. The molecule has 1 heterocycles. The van der Waals surface area contributed by atoms with Gasteiger partial charge in [-0.15, -0.1) is 0 Å². The number of nitrogens with one attached hydrogen (secondary N) is 1. The maximum absolute atomic E-state index is 12.1. The lowest BCUT2D eigenvalue weighted by atomic mass is 10.2. The molecular weight excluding hydrogens is 458 g/mol. The van der Waals surface area contributed by atoms with E-state index in [4.69, 9.17) is 21.3 Å². The fraction of sp³-hybridized carbons (Fsp3) is 0.241. The van der Waals surface area contributed by atoms with Gasteiger partial charge in [0.1, 0.15) is 11.6 Å². The molecule has 0 radical (unpaired) electrons. The van der Waals surface area contributed by atoms with Crippen molar-refractivity contribution >= 4 is 34.6 Å². The standard InChI is InChI=1S/C29H30ClN3O2/c30-24-15-17-25(18-16-24)35-22-7-6-21-33-27-12-5-4-11-26(27)32-28(33)13-8-20-31-29(34)19-14-23-9-2-1-3-10-23/h1-5,9-12,14-19H,6-8,13,20-22H2,(H,31,34)/b19-14+. The van der Waals surface area contributed by atoms with Gasteiger partial charge in [0.05, 0.1) is 17.6 Å². The van der Waals surface area contributed by atoms with Crippen LogP contribution in [0.5, 0.6) is 5.75 Å². The number of carbonyl (C=O) groups excluding carboxylic acids is 1. The molecule has 0 saturated carbocycles. The molecule has 6 heteroatoms. The van der Waals surface area contributed by atoms with Crippen LogP contribution in [0.25, 0.3) is 17.1 Å². The summed E-state index contributed by atoms with van der Waals surface area (Å²) in [6.45, 7) is 2.15. The molecule has 180 valence electrons. The summed E-state index contributed by atoms with van der Waals surface area (Å²) in [6, 6.07) is 25.5. The number of aromatic nitrogens is 2. The molecule has 0 spiro atoms. The van der Waals surface area contributed by atoms with Crippen molar-refractivity contribution in [1.29, 1.82) is 0 Å². The van der Waals surface area contributed by atoms with Gasteiger partial charge in [0.2, 0.25) is 5.91 Å². The van der Waals surface area contributed by atoms with E-state index in [1.165, 1.54) is 0 Å². The highest BCUT2D eigenvalue weighted by Gasteiger charge is 2.10. The van der Waals surface area contributed by atoms with E-state index in [9.17, 15) is 4.79 Å². The maximum atomic E-state index is 12.1. The Labute approximate surface area is 211 Å². The number of halogens is 1. The van der Waals surface area contributed by atoms with Gasteiger partial charge < -0.3 is 14.6 Å². The molecule has 0 aliphatic rings. The molecule has 4 aromatic rings. The van der Waals surface area contributed by atoms with Crippen LogP contribution in [0.3, 0.4) is 0 Å². The van der Waals surface area contributed by atoms with Crippen molar-refractivity contribution in [2.75, 3.05) is 13.2 Å². The monoisotopic (exact) mass is 487 g/mol. The van der Waals surface area contributed by atoms with E-state index in [0.29, 0.717) is 18.2 Å². The van der Waals surface area contributed by atoms with Gasteiger partial charge in [-0.3, -0.25) is 4.79 Å². The average Bonchev–Trinajstić information content (AvgIpc) is 3.24. The molecule has 0 atom stereocenters. The molecule has 5 nitrogen and oxygen atoms in total. The Morgan fingerprint density at radius 1 is 0.943 bits per heavy atom. The van der Waals surface area contributed by atoms with Gasteiger partial charge in [-0.1, -0.05) is 54.1 Å². The Bertz CT molecular complexity index is 1250. The second kappa shape index (κ2) is 12.8. The van der Waals surface area contributed by atoms with Crippen LogP contribution in [0.15, 0.2) is 84.9 Å². The Balaban J connectivity index is 1.25. The number of ether oxygens (including phenoxy) is 1. The molecule has 0 aliphatic carbocycles. The lowest BCUT2D eigenvalue weighted by molar-refractivity contribution is -0.116. The van der Waals surface area contributed by atoms with Gasteiger partial charge in [-0.25, -0.2) is 4.98 Å². The first-order valence-electron chi connectivity index (χ1n) is 12.0. The largest absolute Gasteiger partial charge is 0.494 e. The fourth-order valence-corrected chi connectivity index (χ4v) is 4.04. The van der Waals surface area contributed by atoms with Gasteiger partial charge in [0, 0.05) is 30.6 Å². The maximum Gasteiger partial charge on any atom is 0.243 e. The van der Waals surface area contributed by atoms with Crippen molar-refractivity contribution in [3.05, 3.63) is 101 Å². The summed E-state index contributed by atoms with van der Waals surface area (Å²) >= 11 is 5.93. The molecule has 0 bridgehead atoms. The van der Waals surface area contributed by atoms with Gasteiger partial charge in [-0.05, 0) is 67.3 Å². The van der Waals surface area contributed by atoms with Crippen molar-refractivity contribution < 1.29 is 9.53 Å². The number of carbonyl (C=O) groups is 1. The van der Waals surface area contributed by atoms with Gasteiger partial charge in [0.25, 0.3) is 0 Å². The fourth-order valence-electron chi connectivity index (χ4n) is 3.91. The SMILES string of the molecule is O=C(/C=C/c1ccccc1)NCCCc1nc2ccccc2n1CCCCOc1ccc(Cl)cc1. The smallest absolute Gasteiger partial charge is 0.243 e. The predicted molar refractivity (Wildman–Crippen MR) is 143 cm³/mol. The van der Waals surface area contributed by atoms with Crippen LogP contribution in [0.4, 0.5) is 0 Å². The summed E-state index contributed by atoms with van der Waals surface area (Å²) in [6.07, 6.45) is 6.97. The Kier molecular flexibility index (Phi) is 8.96. The number of nitrogens with zero attached hydrogens (tertiary/aromatic N) is 2. The molecule has 1 aromatic heterocycles. The van der Waals surface area contributed by atoms with E-state index in [0.717, 1.165) is 60.4 Å². The number of imidazole rings is 1. The van der Waals surface area contributed by atoms with Crippen LogP contribution in [0.2, 0.25) is 5.02 Å². The quantitative estimate of drug-likeness (QED) is 0.188. The van der Waals surface area contributed by atoms with Crippen molar-refractivity contribution in [2.45, 2.75) is 32.2 Å². The number of unbranched alkanes of at least 4 members (excludes halogenated alkanes) is 1. The molecule has 1 amide bonds. The molecule has 0 unspecified atom stereocenters. The highest BCUT2D eigenvalue weighted by Crippen LogP contribution is 2.19. The van der Waals surface area contributed by atoms with Crippen molar-refractivity contribution in [3.8, 4) is 5.75 Å². The van der Waals surface area contributed by atoms with Crippen LogP contribution in [-0.4, -0.2) is 28.6 Å². The van der Waals surface area contributed by atoms with Gasteiger partial charge in [-0.2, -0.15) is 0 Å². The second-order valence-electron chi connectivity index (χ2n) is 8.32. The molecule has 1 N–H and O–H groups in total. The van der Waals surface area contributed by atoms with Crippen LogP contribution in [0.1, 0.15) is 30.7 Å². The number of aryl methyl sites for hydroxylation is 2. The summed E-state index contributed by atoms with van der Waals surface area (Å²) in [5.41, 5.74) is 3.17. The molecule has 0 saturated heterocycles. The third kappa shape index (κ3) is 7.46. The van der Waals surface area contributed by atoms with E-state index < -0.39 is 0 Å². The summed E-state index contributed by atoms with van der Waals surface area (Å²) < 4.78 is 8.12. The minimum absolute atomic E-state index is 0.0805. The number of rotatable bonds is 12. The topological polar surface area (TPSA) is 56.2 Å². The summed E-state index contributed by atoms with van der Waals surface area (Å²) in [5, 5.41) is 3.68. The van der Waals surface area contributed by atoms with E-state index in [-0.39, 0.29) is 5.91 Å². The molecule has 3 aromatic carbocycles. The lowest BCUT2D eigenvalue weighted by Gasteiger charge is -2.10. The normalized spacial score (nSPS) is 11.2. The number of hydrogen-bond acceptors (Lipinski definition) is 3. The lowest BCUT2D eigenvalue weighted by Crippen LogP contribution is -2.22. The minimum Gasteiger partial charge on any atom is -0.494 e. The average molecular weight is 488 g/mol. The first kappa shape index (κ1) is 24.6. The molecule has 35 heavy (non-hydrogen) atoms. The summed E-state index contributed by atoms with van der Waals surface area (Å²) in [5.74, 6) is 1.81. The zero-order valence-electron chi connectivity index (χ0n) is 19.7. The van der Waals surface area contributed by atoms with Crippen LogP contribution >= 0.6 is 11.6 Å². The predicted octanol–water partition coefficient (Wildman–Crippen LogP) is 6.31. The summed E-state index contributed by atoms with van der Waals surface area (Å²) in [7, 11) is 0. The zero-order valence-corrected chi connectivity index (χ0v) is 20.5. The van der Waals surface area contributed by atoms with Crippen molar-refractivity contribution in [3.63, 3.8) is 0 Å².